The number of nitrogens with zero attached hydrogens (tertiary/aromatic N) is 2. The van der Waals surface area contributed by atoms with E-state index in [9.17, 15) is 8.42 Å². The lowest BCUT2D eigenvalue weighted by Crippen LogP contribution is -2.45. The Kier molecular flexibility index (Phi) is 11.1. The minimum atomic E-state index is -2.83. The van der Waals surface area contributed by atoms with Crippen LogP contribution in [0, 0.1) is 6.92 Å². The highest BCUT2D eigenvalue weighted by Crippen LogP contribution is 2.21. The summed E-state index contributed by atoms with van der Waals surface area (Å²) in [4.78, 5) is 6.83. The lowest BCUT2D eigenvalue weighted by Gasteiger charge is -2.26. The highest BCUT2D eigenvalue weighted by molar-refractivity contribution is 14.0. The number of nitrogens with one attached hydrogen (secondary N) is 2. The number of hydrogen-bond donors (Lipinski definition) is 2. The van der Waals surface area contributed by atoms with E-state index in [0.717, 1.165) is 36.9 Å². The summed E-state index contributed by atoms with van der Waals surface area (Å²) in [7, 11) is -2.83. The zero-order chi connectivity index (χ0) is 19.7. The summed E-state index contributed by atoms with van der Waals surface area (Å²) >= 11 is 0. The molecule has 1 aliphatic rings. The van der Waals surface area contributed by atoms with Crippen LogP contribution in [-0.2, 0) is 16.4 Å². The molecule has 0 aromatic heterocycles. The Labute approximate surface area is 186 Å². The zero-order valence-electron chi connectivity index (χ0n) is 17.0. The van der Waals surface area contributed by atoms with Crippen LogP contribution in [0.25, 0.3) is 0 Å². The normalized spacial score (nSPS) is 16.9. The largest absolute Gasteiger partial charge is 0.494 e. The van der Waals surface area contributed by atoms with Crippen molar-refractivity contribution in [2.75, 3.05) is 50.8 Å². The zero-order valence-corrected chi connectivity index (χ0v) is 20.2. The molecule has 7 nitrogen and oxygen atoms in total. The molecule has 0 bridgehead atoms. The highest BCUT2D eigenvalue weighted by Gasteiger charge is 2.20. The topological polar surface area (TPSA) is 83.0 Å². The molecule has 0 atom stereocenters. The average molecular weight is 524 g/mol. The third-order valence-corrected chi connectivity index (χ3v) is 6.04. The molecule has 0 radical (unpaired) electrons. The Bertz CT molecular complexity index is 727. The number of ether oxygens (including phenoxy) is 1. The minimum Gasteiger partial charge on any atom is -0.494 e. The van der Waals surface area contributed by atoms with Crippen molar-refractivity contribution in [3.05, 3.63) is 29.3 Å². The fourth-order valence-corrected chi connectivity index (χ4v) is 4.17. The maximum absolute atomic E-state index is 11.5. The fraction of sp³-hybridized carbons (Fsp3) is 0.632. The van der Waals surface area contributed by atoms with Crippen molar-refractivity contribution >= 4 is 39.8 Å². The molecule has 0 saturated carbocycles. The van der Waals surface area contributed by atoms with Crippen molar-refractivity contribution in [1.29, 1.82) is 0 Å². The second-order valence-electron chi connectivity index (χ2n) is 6.66. The fourth-order valence-electron chi connectivity index (χ4n) is 2.89. The molecule has 0 unspecified atom stereocenters. The van der Waals surface area contributed by atoms with Gasteiger partial charge >= 0.3 is 0 Å². The molecule has 28 heavy (non-hydrogen) atoms. The van der Waals surface area contributed by atoms with Crippen LogP contribution in [0.15, 0.2) is 23.2 Å². The Morgan fingerprint density at radius 3 is 2.57 bits per heavy atom. The Morgan fingerprint density at radius 1 is 1.21 bits per heavy atom. The lowest BCUT2D eigenvalue weighted by atomic mass is 10.1. The van der Waals surface area contributed by atoms with E-state index in [2.05, 4.69) is 32.7 Å². The first-order valence-corrected chi connectivity index (χ1v) is 11.4. The van der Waals surface area contributed by atoms with E-state index in [1.54, 1.807) is 0 Å². The molecule has 0 spiro atoms. The standard InChI is InChI=1S/C19H32N4O3S.HI/c1-4-20-19(21-8-9-23-10-12-27(24,25)13-11-23)22-15-17-7-6-16(3)14-18(17)26-5-2;/h6-7,14H,4-5,8-13,15H2,1-3H3,(H2,20,21,22);1H. The van der Waals surface area contributed by atoms with E-state index < -0.39 is 9.84 Å². The van der Waals surface area contributed by atoms with Crippen LogP contribution in [0.5, 0.6) is 5.75 Å². The maximum atomic E-state index is 11.5. The molecule has 1 aromatic carbocycles. The average Bonchev–Trinajstić information content (AvgIpc) is 2.62. The van der Waals surface area contributed by atoms with Gasteiger partial charge in [-0.1, -0.05) is 12.1 Å². The van der Waals surface area contributed by atoms with Crippen LogP contribution < -0.4 is 15.4 Å². The Balaban J connectivity index is 0.00000392. The molecule has 2 rings (SSSR count). The molecule has 0 amide bonds. The van der Waals surface area contributed by atoms with E-state index >= 15 is 0 Å². The van der Waals surface area contributed by atoms with Crippen molar-refractivity contribution in [3.63, 3.8) is 0 Å². The molecular formula is C19H33IN4O3S. The predicted octanol–water partition coefficient (Wildman–Crippen LogP) is 1.80. The third kappa shape index (κ3) is 8.52. The van der Waals surface area contributed by atoms with Gasteiger partial charge < -0.3 is 15.4 Å². The molecular weight excluding hydrogens is 491 g/mol. The first kappa shape index (κ1) is 25.0. The van der Waals surface area contributed by atoms with Gasteiger partial charge in [-0.25, -0.2) is 13.4 Å². The van der Waals surface area contributed by atoms with Gasteiger partial charge in [-0.2, -0.15) is 0 Å². The third-order valence-electron chi connectivity index (χ3n) is 4.43. The van der Waals surface area contributed by atoms with E-state index in [1.807, 2.05) is 26.8 Å². The number of benzene rings is 1. The monoisotopic (exact) mass is 524 g/mol. The Hall–Kier alpha value is -1.07. The van der Waals surface area contributed by atoms with Gasteiger partial charge in [-0.3, -0.25) is 4.90 Å². The van der Waals surface area contributed by atoms with Crippen molar-refractivity contribution < 1.29 is 13.2 Å². The molecule has 1 aliphatic heterocycles. The van der Waals surface area contributed by atoms with Gasteiger partial charge in [0.25, 0.3) is 0 Å². The van der Waals surface area contributed by atoms with Crippen molar-refractivity contribution in [3.8, 4) is 5.75 Å². The van der Waals surface area contributed by atoms with Gasteiger partial charge in [0.1, 0.15) is 5.75 Å². The summed E-state index contributed by atoms with van der Waals surface area (Å²) in [6.07, 6.45) is 0. The van der Waals surface area contributed by atoms with E-state index in [4.69, 9.17) is 4.74 Å². The summed E-state index contributed by atoms with van der Waals surface area (Å²) in [6, 6.07) is 6.17. The van der Waals surface area contributed by atoms with Crippen LogP contribution in [0.3, 0.4) is 0 Å². The van der Waals surface area contributed by atoms with Gasteiger partial charge in [-0.15, -0.1) is 24.0 Å². The number of aliphatic imine (C=N–C) groups is 1. The molecule has 1 heterocycles. The van der Waals surface area contributed by atoms with Crippen LogP contribution >= 0.6 is 24.0 Å². The minimum absolute atomic E-state index is 0. The summed E-state index contributed by atoms with van der Waals surface area (Å²) in [6.45, 7) is 10.7. The van der Waals surface area contributed by atoms with E-state index in [0.29, 0.717) is 26.2 Å². The summed E-state index contributed by atoms with van der Waals surface area (Å²) in [5.74, 6) is 2.15. The number of halogens is 1. The quantitative estimate of drug-likeness (QED) is 0.307. The van der Waals surface area contributed by atoms with Crippen molar-refractivity contribution in [2.45, 2.75) is 27.3 Å². The number of aryl methyl sites for hydroxylation is 1. The van der Waals surface area contributed by atoms with Crippen LogP contribution in [-0.4, -0.2) is 70.1 Å². The number of rotatable bonds is 8. The molecule has 1 saturated heterocycles. The molecule has 1 aromatic rings. The van der Waals surface area contributed by atoms with Crippen molar-refractivity contribution in [2.24, 2.45) is 4.99 Å². The summed E-state index contributed by atoms with van der Waals surface area (Å²) < 4.78 is 28.7. The number of guanidine groups is 1. The van der Waals surface area contributed by atoms with Crippen molar-refractivity contribution in [1.82, 2.24) is 15.5 Å². The second kappa shape index (κ2) is 12.5. The molecule has 2 N–H and O–H groups in total. The Morgan fingerprint density at radius 2 is 1.93 bits per heavy atom. The molecule has 9 heteroatoms. The summed E-state index contributed by atoms with van der Waals surface area (Å²) in [5.41, 5.74) is 2.22. The molecule has 0 aliphatic carbocycles. The van der Waals surface area contributed by atoms with E-state index in [1.165, 1.54) is 5.56 Å². The van der Waals surface area contributed by atoms with E-state index in [-0.39, 0.29) is 35.5 Å². The smallest absolute Gasteiger partial charge is 0.191 e. The molecule has 1 fully saturated rings. The highest BCUT2D eigenvalue weighted by atomic mass is 127. The SMILES string of the molecule is CCNC(=NCc1ccc(C)cc1OCC)NCCN1CCS(=O)(=O)CC1.I. The van der Waals surface area contributed by atoms with Crippen LogP contribution in [0.4, 0.5) is 0 Å². The first-order chi connectivity index (χ1) is 12.9. The molecule has 160 valence electrons. The van der Waals surface area contributed by atoms with Gasteiger partial charge in [0.2, 0.25) is 0 Å². The maximum Gasteiger partial charge on any atom is 0.191 e. The van der Waals surface area contributed by atoms with Crippen LogP contribution in [0.1, 0.15) is 25.0 Å². The van der Waals surface area contributed by atoms with Gasteiger partial charge in [0.15, 0.2) is 15.8 Å². The van der Waals surface area contributed by atoms with Gasteiger partial charge in [0, 0.05) is 38.3 Å². The number of hydrogen-bond acceptors (Lipinski definition) is 5. The van der Waals surface area contributed by atoms with Crippen LogP contribution in [0.2, 0.25) is 0 Å². The van der Waals surface area contributed by atoms with Gasteiger partial charge in [0.05, 0.1) is 24.7 Å². The second-order valence-corrected chi connectivity index (χ2v) is 8.96. The first-order valence-electron chi connectivity index (χ1n) is 9.60. The summed E-state index contributed by atoms with van der Waals surface area (Å²) in [5, 5.41) is 6.58. The van der Waals surface area contributed by atoms with Gasteiger partial charge in [-0.05, 0) is 32.4 Å². The predicted molar refractivity (Wildman–Crippen MR) is 126 cm³/mol. The lowest BCUT2D eigenvalue weighted by molar-refractivity contribution is 0.299. The number of sulfone groups is 1.